The van der Waals surface area contributed by atoms with Crippen LogP contribution in [-0.4, -0.2) is 49.2 Å². The van der Waals surface area contributed by atoms with Crippen molar-refractivity contribution in [2.45, 2.75) is 32.2 Å². The van der Waals surface area contributed by atoms with Crippen molar-refractivity contribution in [1.29, 1.82) is 0 Å². The number of ether oxygens (including phenoxy) is 1. The molecule has 0 atom stereocenters. The number of furan rings is 1. The Morgan fingerprint density at radius 1 is 1.55 bits per heavy atom. The third-order valence-corrected chi connectivity index (χ3v) is 3.59. The van der Waals surface area contributed by atoms with E-state index in [1.54, 1.807) is 11.2 Å². The van der Waals surface area contributed by atoms with Crippen LogP contribution in [0.1, 0.15) is 25.5 Å². The second-order valence-corrected chi connectivity index (χ2v) is 5.20. The highest BCUT2D eigenvalue weighted by Crippen LogP contribution is 2.11. The number of rotatable bonds is 5. The van der Waals surface area contributed by atoms with Crippen molar-refractivity contribution in [3.63, 3.8) is 0 Å². The minimum Gasteiger partial charge on any atom is -0.469 e. The molecule has 2 rings (SSSR count). The smallest absolute Gasteiger partial charge is 0.409 e. The summed E-state index contributed by atoms with van der Waals surface area (Å²) in [5.74, 6) is 1.35. The van der Waals surface area contributed by atoms with Gasteiger partial charge in [0, 0.05) is 32.1 Å². The normalized spacial score (nSPS) is 16.6. The van der Waals surface area contributed by atoms with E-state index in [9.17, 15) is 4.79 Å². The van der Waals surface area contributed by atoms with Gasteiger partial charge in [0.1, 0.15) is 5.76 Å². The lowest BCUT2D eigenvalue weighted by atomic mass is 10.1. The topological polar surface area (TPSA) is 93.1 Å². The Labute approximate surface area is 130 Å². The van der Waals surface area contributed by atoms with Crippen LogP contribution in [-0.2, 0) is 11.2 Å². The summed E-state index contributed by atoms with van der Waals surface area (Å²) in [6, 6.07) is 4.03. The highest BCUT2D eigenvalue weighted by atomic mass is 16.6. The van der Waals surface area contributed by atoms with Crippen LogP contribution in [0.15, 0.2) is 27.8 Å². The predicted octanol–water partition coefficient (Wildman–Crippen LogP) is 1.35. The maximum absolute atomic E-state index is 11.6. The van der Waals surface area contributed by atoms with Gasteiger partial charge < -0.3 is 25.1 Å². The number of carbonyl (C=O) groups excluding carboxylic acids is 1. The average molecular weight is 308 g/mol. The number of carbonyl (C=O) groups is 1. The van der Waals surface area contributed by atoms with Gasteiger partial charge in [-0.3, -0.25) is 4.99 Å². The van der Waals surface area contributed by atoms with E-state index in [0.29, 0.717) is 32.2 Å². The summed E-state index contributed by atoms with van der Waals surface area (Å²) in [6.45, 7) is 4.17. The van der Waals surface area contributed by atoms with Gasteiger partial charge in [-0.2, -0.15) is 0 Å². The second kappa shape index (κ2) is 8.31. The zero-order chi connectivity index (χ0) is 15.8. The standard InChI is InChI=1S/C15H24N4O3/c1-2-21-15(20)19-9-6-12(7-10-19)18-14(16)17-8-5-13-4-3-11-22-13/h3-4,11-12H,2,5-10H2,1H3,(H3,16,17,18). The molecule has 1 aromatic rings. The summed E-state index contributed by atoms with van der Waals surface area (Å²) < 4.78 is 10.2. The minimum absolute atomic E-state index is 0.235. The molecule has 7 nitrogen and oxygen atoms in total. The fourth-order valence-corrected chi connectivity index (χ4v) is 2.42. The Kier molecular flexibility index (Phi) is 6.12. The van der Waals surface area contributed by atoms with Crippen LogP contribution in [0, 0.1) is 0 Å². The van der Waals surface area contributed by atoms with E-state index in [1.165, 1.54) is 0 Å². The highest BCUT2D eigenvalue weighted by molar-refractivity contribution is 5.78. The fourth-order valence-electron chi connectivity index (χ4n) is 2.42. The van der Waals surface area contributed by atoms with Crippen LogP contribution < -0.4 is 11.1 Å². The van der Waals surface area contributed by atoms with Crippen molar-refractivity contribution >= 4 is 12.1 Å². The van der Waals surface area contributed by atoms with E-state index < -0.39 is 0 Å². The Bertz CT molecular complexity index is 479. The third-order valence-electron chi connectivity index (χ3n) is 3.59. The third kappa shape index (κ3) is 4.98. The number of guanidine groups is 1. The molecule has 7 heteroatoms. The number of likely N-dealkylation sites (tertiary alicyclic amines) is 1. The number of nitrogens with one attached hydrogen (secondary N) is 1. The number of aliphatic imine (C=N–C) groups is 1. The first kappa shape index (κ1) is 16.2. The van der Waals surface area contributed by atoms with Gasteiger partial charge in [0.05, 0.1) is 12.9 Å². The summed E-state index contributed by atoms with van der Waals surface area (Å²) in [5, 5.41) is 3.21. The van der Waals surface area contributed by atoms with Crippen molar-refractivity contribution in [2.75, 3.05) is 26.2 Å². The van der Waals surface area contributed by atoms with Gasteiger partial charge in [0.15, 0.2) is 5.96 Å². The molecule has 3 N–H and O–H groups in total. The maximum atomic E-state index is 11.6. The molecule has 0 aliphatic carbocycles. The SMILES string of the molecule is CCOC(=O)N1CCC(NC(N)=NCCc2ccco2)CC1. The van der Waals surface area contributed by atoms with Crippen LogP contribution in [0.2, 0.25) is 0 Å². The van der Waals surface area contributed by atoms with Gasteiger partial charge in [-0.1, -0.05) is 0 Å². The molecule has 1 saturated heterocycles. The number of amides is 1. The van der Waals surface area contributed by atoms with Gasteiger partial charge in [0.2, 0.25) is 0 Å². The molecule has 0 aromatic carbocycles. The van der Waals surface area contributed by atoms with E-state index in [-0.39, 0.29) is 12.1 Å². The van der Waals surface area contributed by atoms with Gasteiger partial charge >= 0.3 is 6.09 Å². The van der Waals surface area contributed by atoms with Crippen LogP contribution in [0.3, 0.4) is 0 Å². The molecule has 0 saturated carbocycles. The minimum atomic E-state index is -0.235. The number of hydrogen-bond donors (Lipinski definition) is 2. The van der Waals surface area contributed by atoms with E-state index in [0.717, 1.165) is 25.0 Å². The van der Waals surface area contributed by atoms with Gasteiger partial charge in [0.25, 0.3) is 0 Å². The molecule has 1 aromatic heterocycles. The molecule has 1 amide bonds. The largest absolute Gasteiger partial charge is 0.469 e. The zero-order valence-corrected chi connectivity index (χ0v) is 13.0. The molecule has 22 heavy (non-hydrogen) atoms. The Balaban J connectivity index is 1.67. The van der Waals surface area contributed by atoms with Crippen LogP contribution in [0.4, 0.5) is 4.79 Å². The van der Waals surface area contributed by atoms with Gasteiger partial charge in [-0.05, 0) is 31.9 Å². The molecule has 122 valence electrons. The summed E-state index contributed by atoms with van der Waals surface area (Å²) in [4.78, 5) is 17.6. The molecule has 0 spiro atoms. The quantitative estimate of drug-likeness (QED) is 0.632. The maximum Gasteiger partial charge on any atom is 0.409 e. The lowest BCUT2D eigenvalue weighted by molar-refractivity contribution is 0.0963. The van der Waals surface area contributed by atoms with Crippen molar-refractivity contribution in [3.8, 4) is 0 Å². The lowest BCUT2D eigenvalue weighted by Crippen LogP contribution is -2.48. The van der Waals surface area contributed by atoms with Crippen molar-refractivity contribution in [1.82, 2.24) is 10.2 Å². The number of hydrogen-bond acceptors (Lipinski definition) is 4. The molecule has 1 aliphatic rings. The Morgan fingerprint density at radius 2 is 2.32 bits per heavy atom. The summed E-state index contributed by atoms with van der Waals surface area (Å²) in [7, 11) is 0. The highest BCUT2D eigenvalue weighted by Gasteiger charge is 2.23. The Hall–Kier alpha value is -2.18. The summed E-state index contributed by atoms with van der Waals surface area (Å²) >= 11 is 0. The first-order valence-corrected chi connectivity index (χ1v) is 7.69. The monoisotopic (exact) mass is 308 g/mol. The van der Waals surface area contributed by atoms with E-state index in [2.05, 4.69) is 10.3 Å². The molecule has 0 bridgehead atoms. The first-order valence-electron chi connectivity index (χ1n) is 7.69. The molecule has 0 radical (unpaired) electrons. The van der Waals surface area contributed by atoms with E-state index >= 15 is 0 Å². The number of nitrogens with two attached hydrogens (primary N) is 1. The van der Waals surface area contributed by atoms with Crippen molar-refractivity contribution in [2.24, 2.45) is 10.7 Å². The lowest BCUT2D eigenvalue weighted by Gasteiger charge is -2.31. The molecule has 1 fully saturated rings. The van der Waals surface area contributed by atoms with Crippen LogP contribution in [0.25, 0.3) is 0 Å². The fraction of sp³-hybridized carbons (Fsp3) is 0.600. The van der Waals surface area contributed by atoms with E-state index in [1.807, 2.05) is 19.1 Å². The molecular formula is C15H24N4O3. The molecule has 2 heterocycles. The van der Waals surface area contributed by atoms with Crippen molar-refractivity contribution < 1.29 is 13.9 Å². The van der Waals surface area contributed by atoms with Gasteiger partial charge in [-0.25, -0.2) is 4.79 Å². The average Bonchev–Trinajstić information content (AvgIpc) is 3.01. The first-order chi connectivity index (χ1) is 10.7. The van der Waals surface area contributed by atoms with Gasteiger partial charge in [-0.15, -0.1) is 0 Å². The molecule has 0 unspecified atom stereocenters. The summed E-state index contributed by atoms with van der Waals surface area (Å²) in [5.41, 5.74) is 5.89. The van der Waals surface area contributed by atoms with Crippen LogP contribution in [0.5, 0.6) is 0 Å². The summed E-state index contributed by atoms with van der Waals surface area (Å²) in [6.07, 6.45) is 3.83. The second-order valence-electron chi connectivity index (χ2n) is 5.20. The molecular weight excluding hydrogens is 284 g/mol. The zero-order valence-electron chi connectivity index (χ0n) is 13.0. The number of piperidine rings is 1. The predicted molar refractivity (Wildman–Crippen MR) is 83.7 cm³/mol. The van der Waals surface area contributed by atoms with E-state index in [4.69, 9.17) is 14.9 Å². The van der Waals surface area contributed by atoms with Crippen LogP contribution >= 0.6 is 0 Å². The Morgan fingerprint density at radius 3 is 2.95 bits per heavy atom. The van der Waals surface area contributed by atoms with Crippen molar-refractivity contribution in [3.05, 3.63) is 24.2 Å². The molecule has 1 aliphatic heterocycles. The number of nitrogens with zero attached hydrogens (tertiary/aromatic N) is 2.